The molecule has 2 fully saturated rings. The first-order valence-electron chi connectivity index (χ1n) is 10.4. The SMILES string of the molecule is Cc1ccc(-c2nc(CN3CCN(CC(=O)N4CCCCC4)CC3)co2)cc1. The Morgan fingerprint density at radius 3 is 2.36 bits per heavy atom. The Balaban J connectivity index is 1.24. The summed E-state index contributed by atoms with van der Waals surface area (Å²) in [7, 11) is 0. The Hall–Kier alpha value is -2.18. The topological polar surface area (TPSA) is 52.8 Å². The number of benzene rings is 1. The van der Waals surface area contributed by atoms with Crippen LogP contribution in [0.4, 0.5) is 0 Å². The molecule has 2 aliphatic heterocycles. The van der Waals surface area contributed by atoms with Crippen molar-refractivity contribution >= 4 is 5.91 Å². The molecule has 28 heavy (non-hydrogen) atoms. The molecule has 0 atom stereocenters. The van der Waals surface area contributed by atoms with E-state index in [-0.39, 0.29) is 0 Å². The van der Waals surface area contributed by atoms with Gasteiger partial charge in [0, 0.05) is 51.4 Å². The van der Waals surface area contributed by atoms with Gasteiger partial charge in [0.15, 0.2) is 0 Å². The third kappa shape index (κ3) is 4.80. The van der Waals surface area contributed by atoms with Crippen LogP contribution in [-0.4, -0.2) is 71.4 Å². The quantitative estimate of drug-likeness (QED) is 0.796. The molecule has 150 valence electrons. The number of piperidine rings is 1. The van der Waals surface area contributed by atoms with Crippen LogP contribution in [0.3, 0.4) is 0 Å². The lowest BCUT2D eigenvalue weighted by Gasteiger charge is -2.35. The lowest BCUT2D eigenvalue weighted by Crippen LogP contribution is -2.50. The van der Waals surface area contributed by atoms with Gasteiger partial charge in [0.25, 0.3) is 0 Å². The Morgan fingerprint density at radius 1 is 0.964 bits per heavy atom. The zero-order valence-corrected chi connectivity index (χ0v) is 16.8. The van der Waals surface area contributed by atoms with Crippen molar-refractivity contribution in [3.05, 3.63) is 41.8 Å². The molecule has 2 saturated heterocycles. The van der Waals surface area contributed by atoms with E-state index in [1.807, 2.05) is 17.0 Å². The van der Waals surface area contributed by atoms with Crippen LogP contribution in [0.1, 0.15) is 30.5 Å². The fraction of sp³-hybridized carbons (Fsp3) is 0.545. The van der Waals surface area contributed by atoms with Crippen molar-refractivity contribution < 1.29 is 9.21 Å². The van der Waals surface area contributed by atoms with Gasteiger partial charge in [-0.15, -0.1) is 0 Å². The number of aryl methyl sites for hydroxylation is 1. The number of piperazine rings is 1. The summed E-state index contributed by atoms with van der Waals surface area (Å²) >= 11 is 0. The molecule has 1 aromatic carbocycles. The highest BCUT2D eigenvalue weighted by Crippen LogP contribution is 2.20. The summed E-state index contributed by atoms with van der Waals surface area (Å²) in [5.41, 5.74) is 3.21. The van der Waals surface area contributed by atoms with Gasteiger partial charge in [-0.3, -0.25) is 14.6 Å². The number of hydrogen-bond acceptors (Lipinski definition) is 5. The van der Waals surface area contributed by atoms with Gasteiger partial charge in [-0.2, -0.15) is 0 Å². The molecule has 0 aliphatic carbocycles. The van der Waals surface area contributed by atoms with Crippen LogP contribution >= 0.6 is 0 Å². The first-order chi connectivity index (χ1) is 13.7. The summed E-state index contributed by atoms with van der Waals surface area (Å²) in [6.07, 6.45) is 5.33. The van der Waals surface area contributed by atoms with E-state index in [9.17, 15) is 4.79 Å². The zero-order chi connectivity index (χ0) is 19.3. The van der Waals surface area contributed by atoms with E-state index in [0.717, 1.165) is 69.9 Å². The van der Waals surface area contributed by atoms with Crippen molar-refractivity contribution in [3.8, 4) is 11.5 Å². The Morgan fingerprint density at radius 2 is 1.64 bits per heavy atom. The van der Waals surface area contributed by atoms with Crippen molar-refractivity contribution in [1.29, 1.82) is 0 Å². The number of oxazole rings is 1. The number of aromatic nitrogens is 1. The summed E-state index contributed by atoms with van der Waals surface area (Å²) in [6, 6.07) is 8.24. The lowest BCUT2D eigenvalue weighted by atomic mass is 10.1. The van der Waals surface area contributed by atoms with Crippen molar-refractivity contribution in [3.63, 3.8) is 0 Å². The van der Waals surface area contributed by atoms with Gasteiger partial charge in [-0.1, -0.05) is 17.7 Å². The molecular formula is C22H30N4O2. The number of nitrogens with zero attached hydrogens (tertiary/aromatic N) is 4. The van der Waals surface area contributed by atoms with Gasteiger partial charge in [-0.25, -0.2) is 4.98 Å². The van der Waals surface area contributed by atoms with Crippen molar-refractivity contribution in [1.82, 2.24) is 19.7 Å². The van der Waals surface area contributed by atoms with Crippen molar-refractivity contribution in [2.24, 2.45) is 0 Å². The molecule has 2 aliphatic rings. The number of hydrogen-bond donors (Lipinski definition) is 0. The molecule has 0 radical (unpaired) electrons. The van der Waals surface area contributed by atoms with Gasteiger partial charge < -0.3 is 9.32 Å². The molecule has 0 bridgehead atoms. The minimum absolute atomic E-state index is 0.299. The molecule has 1 amide bonds. The molecule has 0 unspecified atom stereocenters. The van der Waals surface area contributed by atoms with Gasteiger partial charge in [-0.05, 0) is 38.3 Å². The van der Waals surface area contributed by atoms with Crippen LogP contribution in [0, 0.1) is 6.92 Å². The van der Waals surface area contributed by atoms with Crippen LogP contribution in [-0.2, 0) is 11.3 Å². The molecule has 3 heterocycles. The number of carbonyl (C=O) groups excluding carboxylic acids is 1. The summed E-state index contributed by atoms with van der Waals surface area (Å²) < 4.78 is 5.67. The number of likely N-dealkylation sites (tertiary alicyclic amines) is 1. The van der Waals surface area contributed by atoms with Crippen LogP contribution in [0.5, 0.6) is 0 Å². The highest BCUT2D eigenvalue weighted by molar-refractivity contribution is 5.78. The minimum Gasteiger partial charge on any atom is -0.444 e. The van der Waals surface area contributed by atoms with E-state index in [2.05, 4.69) is 33.8 Å². The molecule has 0 N–H and O–H groups in total. The Labute approximate surface area is 167 Å². The van der Waals surface area contributed by atoms with E-state index in [1.165, 1.54) is 12.0 Å². The van der Waals surface area contributed by atoms with E-state index in [1.54, 1.807) is 6.26 Å². The second-order valence-electron chi connectivity index (χ2n) is 8.00. The smallest absolute Gasteiger partial charge is 0.236 e. The summed E-state index contributed by atoms with van der Waals surface area (Å²) in [6.45, 7) is 9.09. The van der Waals surface area contributed by atoms with Gasteiger partial charge >= 0.3 is 0 Å². The Bertz CT molecular complexity index is 772. The van der Waals surface area contributed by atoms with E-state index < -0.39 is 0 Å². The lowest BCUT2D eigenvalue weighted by molar-refractivity contribution is -0.133. The number of rotatable bonds is 5. The normalized spacial score (nSPS) is 19.1. The van der Waals surface area contributed by atoms with Gasteiger partial charge in [0.1, 0.15) is 6.26 Å². The molecule has 0 spiro atoms. The zero-order valence-electron chi connectivity index (χ0n) is 16.8. The predicted molar refractivity (Wildman–Crippen MR) is 109 cm³/mol. The summed E-state index contributed by atoms with van der Waals surface area (Å²) in [5, 5.41) is 0. The fourth-order valence-electron chi connectivity index (χ4n) is 3.98. The van der Waals surface area contributed by atoms with E-state index in [4.69, 9.17) is 4.42 Å². The van der Waals surface area contributed by atoms with Gasteiger partial charge in [0.05, 0.1) is 12.2 Å². The third-order valence-corrected chi connectivity index (χ3v) is 5.77. The average Bonchev–Trinajstić information content (AvgIpc) is 3.19. The van der Waals surface area contributed by atoms with Crippen LogP contribution in [0.15, 0.2) is 34.9 Å². The minimum atomic E-state index is 0.299. The fourth-order valence-corrected chi connectivity index (χ4v) is 3.98. The predicted octanol–water partition coefficient (Wildman–Crippen LogP) is 2.78. The van der Waals surface area contributed by atoms with Crippen LogP contribution in [0.2, 0.25) is 0 Å². The Kier molecular flexibility index (Phi) is 6.07. The maximum atomic E-state index is 12.4. The first kappa shape index (κ1) is 19.2. The van der Waals surface area contributed by atoms with Gasteiger partial charge in [0.2, 0.25) is 11.8 Å². The maximum absolute atomic E-state index is 12.4. The second kappa shape index (κ2) is 8.88. The van der Waals surface area contributed by atoms with Crippen LogP contribution in [0.25, 0.3) is 11.5 Å². The number of amides is 1. The molecule has 6 heteroatoms. The highest BCUT2D eigenvalue weighted by Gasteiger charge is 2.23. The first-order valence-corrected chi connectivity index (χ1v) is 10.4. The van der Waals surface area contributed by atoms with E-state index in [0.29, 0.717) is 18.3 Å². The summed E-state index contributed by atoms with van der Waals surface area (Å²) in [5.74, 6) is 0.980. The largest absolute Gasteiger partial charge is 0.444 e. The summed E-state index contributed by atoms with van der Waals surface area (Å²) in [4.78, 5) is 23.8. The second-order valence-corrected chi connectivity index (χ2v) is 8.00. The third-order valence-electron chi connectivity index (χ3n) is 5.77. The molecule has 0 saturated carbocycles. The van der Waals surface area contributed by atoms with Crippen LogP contribution < -0.4 is 0 Å². The standard InChI is InChI=1S/C22H30N4O2/c1-18-5-7-19(8-6-18)22-23-20(17-28-22)15-24-11-13-25(14-12-24)16-21(27)26-9-3-2-4-10-26/h5-8,17H,2-4,9-16H2,1H3. The molecular weight excluding hydrogens is 352 g/mol. The molecule has 6 nitrogen and oxygen atoms in total. The van der Waals surface area contributed by atoms with E-state index >= 15 is 0 Å². The highest BCUT2D eigenvalue weighted by atomic mass is 16.3. The van der Waals surface area contributed by atoms with Crippen molar-refractivity contribution in [2.45, 2.75) is 32.7 Å². The molecule has 1 aromatic heterocycles. The number of carbonyl (C=O) groups is 1. The monoisotopic (exact) mass is 382 g/mol. The molecule has 2 aromatic rings. The molecule has 4 rings (SSSR count). The average molecular weight is 383 g/mol. The maximum Gasteiger partial charge on any atom is 0.236 e. The van der Waals surface area contributed by atoms with Crippen molar-refractivity contribution in [2.75, 3.05) is 45.8 Å².